The highest BCUT2D eigenvalue weighted by atomic mass is 16.5. The van der Waals surface area contributed by atoms with E-state index in [2.05, 4.69) is 5.32 Å². The van der Waals surface area contributed by atoms with Gasteiger partial charge in [-0.1, -0.05) is 24.3 Å². The average Bonchev–Trinajstić information content (AvgIpc) is 2.78. The van der Waals surface area contributed by atoms with E-state index in [1.165, 1.54) is 6.20 Å². The van der Waals surface area contributed by atoms with Crippen LogP contribution in [0.4, 0.5) is 5.69 Å². The number of rotatable bonds is 6. The molecule has 6 nitrogen and oxygen atoms in total. The van der Waals surface area contributed by atoms with Crippen molar-refractivity contribution < 1.29 is 14.3 Å². The molecule has 0 aromatic heterocycles. The first-order valence-corrected chi connectivity index (χ1v) is 9.57. The van der Waals surface area contributed by atoms with Gasteiger partial charge in [-0.25, -0.2) is 0 Å². The lowest BCUT2D eigenvalue weighted by Gasteiger charge is -2.29. The van der Waals surface area contributed by atoms with Gasteiger partial charge in [-0.2, -0.15) is 5.26 Å². The molecule has 0 saturated heterocycles. The maximum atomic E-state index is 13.0. The molecule has 0 radical (unpaired) electrons. The number of methoxy groups -OCH3 is 2. The normalized spacial score (nSPS) is 14.4. The Morgan fingerprint density at radius 3 is 2.69 bits per heavy atom. The van der Waals surface area contributed by atoms with Crippen LogP contribution in [-0.4, -0.2) is 26.7 Å². The highest BCUT2D eigenvalue weighted by Gasteiger charge is 2.25. The number of hydrogen-bond acceptors (Lipinski definition) is 5. The van der Waals surface area contributed by atoms with Gasteiger partial charge in [-0.3, -0.25) is 4.79 Å². The largest absolute Gasteiger partial charge is 0.493 e. The second-order valence-corrected chi connectivity index (χ2v) is 6.86. The minimum atomic E-state index is -0.285. The number of fused-ring (bicyclic) bond motifs is 1. The fraction of sp³-hybridized carbons (Fsp3) is 0.304. The Kier molecular flexibility index (Phi) is 6.40. The molecule has 0 saturated carbocycles. The Morgan fingerprint density at radius 1 is 1.21 bits per heavy atom. The van der Waals surface area contributed by atoms with Crippen molar-refractivity contribution in [2.24, 2.45) is 0 Å². The molecule has 1 aliphatic rings. The summed E-state index contributed by atoms with van der Waals surface area (Å²) in [5.74, 6) is 0.992. The van der Waals surface area contributed by atoms with E-state index in [1.54, 1.807) is 19.1 Å². The summed E-state index contributed by atoms with van der Waals surface area (Å²) < 4.78 is 10.6. The summed E-state index contributed by atoms with van der Waals surface area (Å²) in [5, 5.41) is 12.7. The fourth-order valence-electron chi connectivity index (χ4n) is 3.46. The third kappa shape index (κ3) is 4.35. The van der Waals surface area contributed by atoms with E-state index < -0.39 is 0 Å². The summed E-state index contributed by atoms with van der Waals surface area (Å²) in [5.41, 5.74) is 3.05. The van der Waals surface area contributed by atoms with Crippen LogP contribution < -0.4 is 19.7 Å². The van der Waals surface area contributed by atoms with Gasteiger partial charge < -0.3 is 19.7 Å². The molecule has 1 aliphatic heterocycles. The molecule has 3 rings (SSSR count). The topological polar surface area (TPSA) is 74.6 Å². The molecule has 0 fully saturated rings. The number of aryl methyl sites for hydroxylation is 1. The van der Waals surface area contributed by atoms with Crippen molar-refractivity contribution in [2.75, 3.05) is 25.7 Å². The first-order chi connectivity index (χ1) is 14.1. The molecule has 2 aromatic carbocycles. The molecule has 1 N–H and O–H groups in total. The Morgan fingerprint density at radius 2 is 1.97 bits per heavy atom. The highest BCUT2D eigenvalue weighted by molar-refractivity contribution is 6.08. The Labute approximate surface area is 171 Å². The Bertz CT molecular complexity index is 962. The zero-order valence-corrected chi connectivity index (χ0v) is 16.9. The van der Waals surface area contributed by atoms with Crippen LogP contribution in [0, 0.1) is 11.3 Å². The van der Waals surface area contributed by atoms with Crippen molar-refractivity contribution >= 4 is 11.6 Å². The minimum absolute atomic E-state index is 0.0778. The standard InChI is InChI=1S/C23H25N3O3/c1-16(18-10-11-21(28-2)22(13-18)29-3)25-15-19(14-24)23(27)26-12-6-8-17-7-4-5-9-20(17)26/h4-5,7,9-11,13,15-16,25H,6,8,12H2,1-3H3/b19-15-. The van der Waals surface area contributed by atoms with Crippen LogP contribution in [0.5, 0.6) is 11.5 Å². The third-order valence-corrected chi connectivity index (χ3v) is 5.09. The van der Waals surface area contributed by atoms with Crippen molar-refractivity contribution in [1.82, 2.24) is 5.32 Å². The lowest BCUT2D eigenvalue weighted by Crippen LogP contribution is -2.36. The summed E-state index contributed by atoms with van der Waals surface area (Å²) in [4.78, 5) is 14.7. The molecule has 1 atom stereocenters. The molecule has 2 aromatic rings. The molecule has 1 heterocycles. The second-order valence-electron chi connectivity index (χ2n) is 6.86. The Hall–Kier alpha value is -3.46. The van der Waals surface area contributed by atoms with Crippen LogP contribution in [0.15, 0.2) is 54.2 Å². The predicted molar refractivity (Wildman–Crippen MR) is 112 cm³/mol. The quantitative estimate of drug-likeness (QED) is 0.600. The molecule has 1 amide bonds. The van der Waals surface area contributed by atoms with Crippen LogP contribution in [0.1, 0.15) is 30.5 Å². The number of benzene rings is 2. The lowest BCUT2D eigenvalue weighted by atomic mass is 10.0. The number of para-hydroxylation sites is 1. The van der Waals surface area contributed by atoms with Crippen molar-refractivity contribution in [3.8, 4) is 17.6 Å². The van der Waals surface area contributed by atoms with Crippen LogP contribution in [-0.2, 0) is 11.2 Å². The zero-order valence-electron chi connectivity index (χ0n) is 16.9. The number of nitrogens with one attached hydrogen (secondary N) is 1. The van der Waals surface area contributed by atoms with Gasteiger partial charge in [0.1, 0.15) is 11.6 Å². The maximum Gasteiger partial charge on any atom is 0.270 e. The number of carbonyl (C=O) groups is 1. The lowest BCUT2D eigenvalue weighted by molar-refractivity contribution is -0.114. The summed E-state index contributed by atoms with van der Waals surface area (Å²) in [6.45, 7) is 2.56. The number of anilines is 1. The second kappa shape index (κ2) is 9.16. The molecule has 0 aliphatic carbocycles. The summed E-state index contributed by atoms with van der Waals surface area (Å²) in [6.07, 6.45) is 3.33. The van der Waals surface area contributed by atoms with E-state index in [0.717, 1.165) is 29.7 Å². The SMILES string of the molecule is COc1ccc(C(C)N/C=C(/C#N)C(=O)N2CCCc3ccccc32)cc1OC. The van der Waals surface area contributed by atoms with Crippen LogP contribution in [0.3, 0.4) is 0 Å². The van der Waals surface area contributed by atoms with Gasteiger partial charge in [0, 0.05) is 24.5 Å². The van der Waals surface area contributed by atoms with Gasteiger partial charge in [0.2, 0.25) is 0 Å². The van der Waals surface area contributed by atoms with E-state index >= 15 is 0 Å². The molecular formula is C23H25N3O3. The third-order valence-electron chi connectivity index (χ3n) is 5.09. The van der Waals surface area contributed by atoms with Crippen molar-refractivity contribution in [2.45, 2.75) is 25.8 Å². The number of nitrogens with zero attached hydrogens (tertiary/aromatic N) is 2. The maximum absolute atomic E-state index is 13.0. The molecule has 6 heteroatoms. The minimum Gasteiger partial charge on any atom is -0.493 e. The van der Waals surface area contributed by atoms with Crippen molar-refractivity contribution in [3.05, 3.63) is 65.4 Å². The average molecular weight is 391 g/mol. The monoisotopic (exact) mass is 391 g/mol. The van der Waals surface area contributed by atoms with Gasteiger partial charge in [0.15, 0.2) is 11.5 Å². The number of amides is 1. The van der Waals surface area contributed by atoms with Gasteiger partial charge in [-0.05, 0) is 49.1 Å². The van der Waals surface area contributed by atoms with Crippen molar-refractivity contribution in [1.29, 1.82) is 5.26 Å². The van der Waals surface area contributed by atoms with E-state index in [1.807, 2.05) is 55.5 Å². The van der Waals surface area contributed by atoms with Gasteiger partial charge >= 0.3 is 0 Å². The van der Waals surface area contributed by atoms with Gasteiger partial charge in [0.05, 0.1) is 14.2 Å². The van der Waals surface area contributed by atoms with Crippen LogP contribution in [0.25, 0.3) is 0 Å². The molecule has 0 spiro atoms. The van der Waals surface area contributed by atoms with E-state index in [4.69, 9.17) is 9.47 Å². The van der Waals surface area contributed by atoms with E-state index in [0.29, 0.717) is 18.0 Å². The molecule has 1 unspecified atom stereocenters. The number of nitriles is 1. The Balaban J connectivity index is 1.77. The molecule has 150 valence electrons. The summed E-state index contributed by atoms with van der Waals surface area (Å²) in [6, 6.07) is 15.4. The van der Waals surface area contributed by atoms with Crippen LogP contribution in [0.2, 0.25) is 0 Å². The van der Waals surface area contributed by atoms with E-state index in [-0.39, 0.29) is 17.5 Å². The van der Waals surface area contributed by atoms with Gasteiger partial charge in [-0.15, -0.1) is 0 Å². The number of hydrogen-bond donors (Lipinski definition) is 1. The molecule has 29 heavy (non-hydrogen) atoms. The predicted octanol–water partition coefficient (Wildman–Crippen LogP) is 3.74. The first kappa shape index (κ1) is 20.3. The van der Waals surface area contributed by atoms with Gasteiger partial charge in [0.25, 0.3) is 5.91 Å². The smallest absolute Gasteiger partial charge is 0.270 e. The zero-order chi connectivity index (χ0) is 20.8. The summed E-state index contributed by atoms with van der Waals surface area (Å²) in [7, 11) is 3.17. The number of carbonyl (C=O) groups excluding carboxylic acids is 1. The first-order valence-electron chi connectivity index (χ1n) is 9.57. The fourth-order valence-corrected chi connectivity index (χ4v) is 3.46. The highest BCUT2D eigenvalue weighted by Crippen LogP contribution is 2.30. The van der Waals surface area contributed by atoms with Crippen LogP contribution >= 0.6 is 0 Å². The molecular weight excluding hydrogens is 366 g/mol. The van der Waals surface area contributed by atoms with E-state index in [9.17, 15) is 10.1 Å². The molecule has 0 bridgehead atoms. The number of ether oxygens (including phenoxy) is 2. The van der Waals surface area contributed by atoms with Crippen molar-refractivity contribution in [3.63, 3.8) is 0 Å². The summed E-state index contributed by atoms with van der Waals surface area (Å²) >= 11 is 0.